The van der Waals surface area contributed by atoms with Crippen LogP contribution in [0.3, 0.4) is 0 Å². The number of aromatic nitrogens is 3. The molecule has 0 radical (unpaired) electrons. The van der Waals surface area contributed by atoms with Gasteiger partial charge in [-0.05, 0) is 6.42 Å². The first-order valence-corrected chi connectivity index (χ1v) is 5.45. The Kier molecular flexibility index (Phi) is 2.55. The Labute approximate surface area is 90.7 Å². The van der Waals surface area contributed by atoms with Crippen LogP contribution in [0, 0.1) is 0 Å². The van der Waals surface area contributed by atoms with Crippen molar-refractivity contribution in [2.24, 2.45) is 0 Å². The first-order valence-electron chi connectivity index (χ1n) is 4.64. The SMILES string of the molecule is CCCNc1nc2c(N)nc(N)nc2s1. The van der Waals surface area contributed by atoms with Crippen LogP contribution in [0.1, 0.15) is 13.3 Å². The van der Waals surface area contributed by atoms with Gasteiger partial charge in [0, 0.05) is 6.54 Å². The lowest BCUT2D eigenvalue weighted by Crippen LogP contribution is -2.00. The van der Waals surface area contributed by atoms with Crippen molar-refractivity contribution in [1.29, 1.82) is 0 Å². The van der Waals surface area contributed by atoms with E-state index in [0.29, 0.717) is 11.3 Å². The Morgan fingerprint density at radius 2 is 2.07 bits per heavy atom. The van der Waals surface area contributed by atoms with E-state index in [1.807, 2.05) is 0 Å². The third-order valence-electron chi connectivity index (χ3n) is 1.83. The van der Waals surface area contributed by atoms with Crippen molar-refractivity contribution >= 4 is 38.6 Å². The van der Waals surface area contributed by atoms with Crippen molar-refractivity contribution in [3.8, 4) is 0 Å². The molecule has 80 valence electrons. The van der Waals surface area contributed by atoms with Crippen molar-refractivity contribution in [2.45, 2.75) is 13.3 Å². The van der Waals surface area contributed by atoms with Crippen LogP contribution in [0.4, 0.5) is 16.9 Å². The number of nitrogens with two attached hydrogens (primary N) is 2. The molecule has 0 atom stereocenters. The van der Waals surface area contributed by atoms with Crippen molar-refractivity contribution in [3.63, 3.8) is 0 Å². The van der Waals surface area contributed by atoms with E-state index in [9.17, 15) is 0 Å². The quantitative estimate of drug-likeness (QED) is 0.720. The molecule has 0 spiro atoms. The number of rotatable bonds is 3. The third-order valence-corrected chi connectivity index (χ3v) is 2.74. The highest BCUT2D eigenvalue weighted by atomic mass is 32.1. The fraction of sp³-hybridized carbons (Fsp3) is 0.375. The molecule has 2 aromatic heterocycles. The van der Waals surface area contributed by atoms with Gasteiger partial charge in [-0.25, -0.2) is 9.97 Å². The van der Waals surface area contributed by atoms with Crippen LogP contribution in [0.2, 0.25) is 0 Å². The van der Waals surface area contributed by atoms with Gasteiger partial charge in [-0.15, -0.1) is 0 Å². The molecule has 6 nitrogen and oxygen atoms in total. The molecular formula is C8H12N6S. The van der Waals surface area contributed by atoms with Crippen LogP contribution in [0.25, 0.3) is 10.3 Å². The lowest BCUT2D eigenvalue weighted by atomic mass is 10.5. The highest BCUT2D eigenvalue weighted by Gasteiger charge is 2.09. The zero-order valence-electron chi connectivity index (χ0n) is 8.32. The summed E-state index contributed by atoms with van der Waals surface area (Å²) in [6.45, 7) is 2.97. The summed E-state index contributed by atoms with van der Waals surface area (Å²) >= 11 is 1.43. The summed E-state index contributed by atoms with van der Waals surface area (Å²) in [5.74, 6) is 0.518. The van der Waals surface area contributed by atoms with Crippen LogP contribution < -0.4 is 16.8 Å². The molecule has 0 saturated carbocycles. The Morgan fingerprint density at radius 3 is 2.80 bits per heavy atom. The molecule has 0 aliphatic heterocycles. The van der Waals surface area contributed by atoms with E-state index >= 15 is 0 Å². The van der Waals surface area contributed by atoms with E-state index in [1.165, 1.54) is 11.3 Å². The molecule has 0 fully saturated rings. The number of nitrogen functional groups attached to an aromatic ring is 2. The van der Waals surface area contributed by atoms with Crippen molar-refractivity contribution in [1.82, 2.24) is 15.0 Å². The molecule has 15 heavy (non-hydrogen) atoms. The number of anilines is 3. The van der Waals surface area contributed by atoms with Gasteiger partial charge in [-0.3, -0.25) is 0 Å². The molecule has 2 heterocycles. The monoisotopic (exact) mass is 224 g/mol. The van der Waals surface area contributed by atoms with Gasteiger partial charge >= 0.3 is 0 Å². The number of nitrogens with zero attached hydrogens (tertiary/aromatic N) is 3. The fourth-order valence-corrected chi connectivity index (χ4v) is 2.05. The Balaban J connectivity index is 2.41. The van der Waals surface area contributed by atoms with Crippen LogP contribution in [0.15, 0.2) is 0 Å². The highest BCUT2D eigenvalue weighted by molar-refractivity contribution is 7.21. The van der Waals surface area contributed by atoms with Gasteiger partial charge in [0.2, 0.25) is 5.95 Å². The molecule has 0 amide bonds. The van der Waals surface area contributed by atoms with Crippen molar-refractivity contribution in [2.75, 3.05) is 23.3 Å². The summed E-state index contributed by atoms with van der Waals surface area (Å²) in [5.41, 5.74) is 11.8. The molecule has 0 aliphatic carbocycles. The Morgan fingerprint density at radius 1 is 1.27 bits per heavy atom. The van der Waals surface area contributed by atoms with Crippen LogP contribution >= 0.6 is 11.3 Å². The minimum atomic E-state index is 0.186. The zero-order chi connectivity index (χ0) is 10.8. The van der Waals surface area contributed by atoms with Gasteiger partial charge in [-0.2, -0.15) is 4.98 Å². The molecule has 2 aromatic rings. The topological polar surface area (TPSA) is 103 Å². The Bertz CT molecular complexity index is 479. The first-order chi connectivity index (χ1) is 7.20. The first kappa shape index (κ1) is 9.91. The predicted octanol–water partition coefficient (Wildman–Crippen LogP) is 1.07. The second kappa shape index (κ2) is 3.85. The minimum Gasteiger partial charge on any atom is -0.382 e. The summed E-state index contributed by atoms with van der Waals surface area (Å²) in [5, 5.41) is 3.98. The van der Waals surface area contributed by atoms with Gasteiger partial charge < -0.3 is 16.8 Å². The van der Waals surface area contributed by atoms with Gasteiger partial charge in [0.15, 0.2) is 15.8 Å². The smallest absolute Gasteiger partial charge is 0.223 e. The van der Waals surface area contributed by atoms with Crippen LogP contribution in [0.5, 0.6) is 0 Å². The summed E-state index contributed by atoms with van der Waals surface area (Å²) in [4.78, 5) is 12.9. The zero-order valence-corrected chi connectivity index (χ0v) is 9.14. The number of hydrogen-bond donors (Lipinski definition) is 3. The molecular weight excluding hydrogens is 212 g/mol. The third kappa shape index (κ3) is 1.91. The lowest BCUT2D eigenvalue weighted by Gasteiger charge is -1.96. The second-order valence-corrected chi connectivity index (χ2v) is 4.04. The number of nitrogens with one attached hydrogen (secondary N) is 1. The maximum Gasteiger partial charge on any atom is 0.223 e. The summed E-state index contributed by atoms with van der Waals surface area (Å²) in [6, 6.07) is 0. The maximum absolute atomic E-state index is 5.68. The van der Waals surface area contributed by atoms with Gasteiger partial charge in [0.1, 0.15) is 5.52 Å². The van der Waals surface area contributed by atoms with E-state index in [1.54, 1.807) is 0 Å². The Hall–Kier alpha value is -1.63. The van der Waals surface area contributed by atoms with Gasteiger partial charge in [0.25, 0.3) is 0 Å². The number of thiazole rings is 1. The fourth-order valence-electron chi connectivity index (χ4n) is 1.17. The average Bonchev–Trinajstić information content (AvgIpc) is 2.57. The van der Waals surface area contributed by atoms with E-state index in [0.717, 1.165) is 22.9 Å². The molecule has 0 unspecified atom stereocenters. The summed E-state index contributed by atoms with van der Waals surface area (Å²) in [6.07, 6.45) is 1.04. The molecule has 5 N–H and O–H groups in total. The predicted molar refractivity (Wildman–Crippen MR) is 62.8 cm³/mol. The number of hydrogen-bond acceptors (Lipinski definition) is 7. The van der Waals surface area contributed by atoms with Crippen LogP contribution in [-0.2, 0) is 0 Å². The normalized spacial score (nSPS) is 10.7. The molecule has 7 heteroatoms. The van der Waals surface area contributed by atoms with E-state index < -0.39 is 0 Å². The molecule has 0 bridgehead atoms. The minimum absolute atomic E-state index is 0.186. The van der Waals surface area contributed by atoms with Crippen molar-refractivity contribution < 1.29 is 0 Å². The van der Waals surface area contributed by atoms with E-state index in [2.05, 4.69) is 27.2 Å². The highest BCUT2D eigenvalue weighted by Crippen LogP contribution is 2.27. The number of fused-ring (bicyclic) bond motifs is 1. The molecule has 0 saturated heterocycles. The second-order valence-electron chi connectivity index (χ2n) is 3.07. The molecule has 0 aromatic carbocycles. The van der Waals surface area contributed by atoms with Gasteiger partial charge in [-0.1, -0.05) is 18.3 Å². The largest absolute Gasteiger partial charge is 0.382 e. The summed E-state index contributed by atoms with van der Waals surface area (Å²) in [7, 11) is 0. The van der Waals surface area contributed by atoms with Crippen molar-refractivity contribution in [3.05, 3.63) is 0 Å². The lowest BCUT2D eigenvalue weighted by molar-refractivity contribution is 0.977. The summed E-state index contributed by atoms with van der Waals surface area (Å²) < 4.78 is 0. The van der Waals surface area contributed by atoms with Gasteiger partial charge in [0.05, 0.1) is 0 Å². The van der Waals surface area contributed by atoms with E-state index in [-0.39, 0.29) is 5.95 Å². The van der Waals surface area contributed by atoms with Crippen LogP contribution in [-0.4, -0.2) is 21.5 Å². The standard InChI is InChI=1S/C8H12N6S/c1-2-3-11-8-12-4-5(9)13-7(10)14-6(4)15-8/h2-3H2,1H3,(H,11,12)(H4,9,10,13,14). The molecule has 0 aliphatic rings. The van der Waals surface area contributed by atoms with E-state index in [4.69, 9.17) is 11.5 Å². The average molecular weight is 224 g/mol. The molecule has 2 rings (SSSR count). The maximum atomic E-state index is 5.68.